The van der Waals surface area contributed by atoms with Crippen molar-refractivity contribution in [2.75, 3.05) is 6.26 Å². The van der Waals surface area contributed by atoms with E-state index in [9.17, 15) is 26.4 Å². The zero-order valence-corrected chi connectivity index (χ0v) is 16.0. The number of alkyl halides is 3. The largest absolute Gasteiger partial charge is 0.479 e. The zero-order valence-electron chi connectivity index (χ0n) is 14.5. The summed E-state index contributed by atoms with van der Waals surface area (Å²) in [4.78, 5) is 10.1. The average molecular weight is 439 g/mol. The monoisotopic (exact) mass is 438 g/mol. The van der Waals surface area contributed by atoms with Gasteiger partial charge in [0.25, 0.3) is 0 Å². The maximum absolute atomic E-state index is 13.3. The summed E-state index contributed by atoms with van der Waals surface area (Å²) >= 11 is 5.86. The van der Waals surface area contributed by atoms with E-state index in [-0.39, 0.29) is 22.3 Å². The van der Waals surface area contributed by atoms with Gasteiger partial charge in [0.1, 0.15) is 5.75 Å². The number of carbonyl (C=O) groups is 1. The Labute approximate surface area is 163 Å². The van der Waals surface area contributed by atoms with Gasteiger partial charge in [0.05, 0.1) is 10.5 Å². The molecule has 152 valence electrons. The molecule has 11 heteroatoms. The molecule has 0 heterocycles. The number of hydrogen-bond acceptors (Lipinski definition) is 5. The Kier molecular flexibility index (Phi) is 6.15. The lowest BCUT2D eigenvalue weighted by atomic mass is 10.2. The van der Waals surface area contributed by atoms with E-state index in [2.05, 4.69) is 0 Å². The molecule has 1 unspecified atom stereocenters. The minimum absolute atomic E-state index is 0.0694. The van der Waals surface area contributed by atoms with Gasteiger partial charge in [-0.05, 0) is 37.3 Å². The fraction of sp³-hybridized carbons (Fsp3) is 0.235. The molecule has 0 spiro atoms. The first kappa shape index (κ1) is 21.8. The van der Waals surface area contributed by atoms with E-state index in [4.69, 9.17) is 26.2 Å². The minimum atomic E-state index is -4.94. The molecule has 0 aliphatic heterocycles. The van der Waals surface area contributed by atoms with Crippen LogP contribution < -0.4 is 9.47 Å². The van der Waals surface area contributed by atoms with Crippen LogP contribution in [0.2, 0.25) is 5.02 Å². The Hall–Kier alpha value is -2.46. The van der Waals surface area contributed by atoms with Gasteiger partial charge in [-0.3, -0.25) is 0 Å². The van der Waals surface area contributed by atoms with Crippen LogP contribution in [-0.2, 0) is 20.8 Å². The third kappa shape index (κ3) is 5.29. The van der Waals surface area contributed by atoms with Gasteiger partial charge in [0, 0.05) is 17.3 Å². The molecule has 6 nitrogen and oxygen atoms in total. The number of sulfone groups is 1. The van der Waals surface area contributed by atoms with Crippen molar-refractivity contribution in [1.29, 1.82) is 0 Å². The summed E-state index contributed by atoms with van der Waals surface area (Å²) in [6.45, 7) is 1.25. The molecular weight excluding hydrogens is 425 g/mol. The fourth-order valence-electron chi connectivity index (χ4n) is 2.14. The molecule has 0 aliphatic rings. The molecule has 2 aromatic rings. The first-order chi connectivity index (χ1) is 12.8. The topological polar surface area (TPSA) is 89.9 Å². The summed E-state index contributed by atoms with van der Waals surface area (Å²) < 4.78 is 73.6. The molecule has 0 saturated carbocycles. The van der Waals surface area contributed by atoms with E-state index in [0.29, 0.717) is 12.3 Å². The number of hydrogen-bond donors (Lipinski definition) is 1. The quantitative estimate of drug-likeness (QED) is 0.718. The molecule has 1 N–H and O–H groups in total. The van der Waals surface area contributed by atoms with Gasteiger partial charge in [-0.25, -0.2) is 13.2 Å². The average Bonchev–Trinajstić information content (AvgIpc) is 2.55. The summed E-state index contributed by atoms with van der Waals surface area (Å²) in [7, 11) is -4.13. The van der Waals surface area contributed by atoms with Crippen molar-refractivity contribution in [2.24, 2.45) is 0 Å². The molecular formula is C17H14ClF3O6S. The van der Waals surface area contributed by atoms with Crippen molar-refractivity contribution in [3.05, 3.63) is 47.0 Å². The van der Waals surface area contributed by atoms with Crippen molar-refractivity contribution >= 4 is 27.4 Å². The van der Waals surface area contributed by atoms with Crippen molar-refractivity contribution in [2.45, 2.75) is 24.1 Å². The standard InChI is InChI=1S/C17H14ClF3O6S/c1-9(16(22)23)26-13-5-3-10(18)7-14(13)27-11-4-6-15(28(2,24)25)12(8-11)17(19,20)21/h3-9H,1-2H3,(H,22,23). The van der Waals surface area contributed by atoms with Crippen molar-refractivity contribution in [3.8, 4) is 17.2 Å². The Bertz CT molecular complexity index is 1000. The molecule has 2 rings (SSSR count). The highest BCUT2D eigenvalue weighted by atomic mass is 35.5. The highest BCUT2D eigenvalue weighted by molar-refractivity contribution is 7.90. The van der Waals surface area contributed by atoms with Crippen molar-refractivity contribution < 1.29 is 41.0 Å². The molecule has 0 aromatic heterocycles. The second-order valence-corrected chi connectivity index (χ2v) is 8.14. The lowest BCUT2D eigenvalue weighted by Crippen LogP contribution is -2.23. The molecule has 1 atom stereocenters. The maximum Gasteiger partial charge on any atom is 0.417 e. The van der Waals surface area contributed by atoms with Crippen LogP contribution >= 0.6 is 11.6 Å². The molecule has 2 aromatic carbocycles. The predicted octanol–water partition coefficient (Wildman–Crippen LogP) is 4.41. The fourth-order valence-corrected chi connectivity index (χ4v) is 3.20. The second kappa shape index (κ2) is 7.88. The number of benzene rings is 2. The van der Waals surface area contributed by atoms with E-state index in [1.165, 1.54) is 25.1 Å². The van der Waals surface area contributed by atoms with Crippen LogP contribution in [0.15, 0.2) is 41.3 Å². The van der Waals surface area contributed by atoms with Gasteiger partial charge >= 0.3 is 12.1 Å². The Balaban J connectivity index is 2.49. The van der Waals surface area contributed by atoms with Crippen LogP contribution in [0.4, 0.5) is 13.2 Å². The van der Waals surface area contributed by atoms with Gasteiger partial charge in [-0.1, -0.05) is 11.6 Å². The third-order valence-electron chi connectivity index (χ3n) is 3.44. The molecule has 0 radical (unpaired) electrons. The van der Waals surface area contributed by atoms with E-state index in [1.807, 2.05) is 0 Å². The van der Waals surface area contributed by atoms with Gasteiger partial charge in [-0.2, -0.15) is 13.2 Å². The smallest absolute Gasteiger partial charge is 0.417 e. The number of carboxylic acid groups (broad SMARTS) is 1. The molecule has 0 bridgehead atoms. The molecule has 28 heavy (non-hydrogen) atoms. The lowest BCUT2D eigenvalue weighted by molar-refractivity contribution is -0.144. The Morgan fingerprint density at radius 2 is 1.79 bits per heavy atom. The highest BCUT2D eigenvalue weighted by Crippen LogP contribution is 2.39. The van der Waals surface area contributed by atoms with Crippen molar-refractivity contribution in [3.63, 3.8) is 0 Å². The Morgan fingerprint density at radius 1 is 1.14 bits per heavy atom. The van der Waals surface area contributed by atoms with E-state index in [0.717, 1.165) is 12.1 Å². The van der Waals surface area contributed by atoms with E-state index in [1.54, 1.807) is 0 Å². The summed E-state index contributed by atoms with van der Waals surface area (Å²) in [5.41, 5.74) is -1.39. The first-order valence-corrected chi connectivity index (χ1v) is 9.84. The van der Waals surface area contributed by atoms with Crippen LogP contribution in [-0.4, -0.2) is 31.9 Å². The van der Waals surface area contributed by atoms with Crippen LogP contribution in [0, 0.1) is 0 Å². The third-order valence-corrected chi connectivity index (χ3v) is 4.83. The highest BCUT2D eigenvalue weighted by Gasteiger charge is 2.36. The molecule has 0 saturated heterocycles. The number of aliphatic carboxylic acids is 1. The summed E-state index contributed by atoms with van der Waals surface area (Å²) in [5.74, 6) is -1.81. The van der Waals surface area contributed by atoms with Crippen LogP contribution in [0.3, 0.4) is 0 Å². The van der Waals surface area contributed by atoms with Crippen LogP contribution in [0.5, 0.6) is 17.2 Å². The molecule has 0 amide bonds. The van der Waals surface area contributed by atoms with E-state index < -0.39 is 38.5 Å². The number of carboxylic acids is 1. The van der Waals surface area contributed by atoms with Crippen LogP contribution in [0.1, 0.15) is 12.5 Å². The zero-order chi connectivity index (χ0) is 21.3. The summed E-state index contributed by atoms with van der Waals surface area (Å²) in [5, 5.41) is 9.10. The number of ether oxygens (including phenoxy) is 2. The maximum atomic E-state index is 13.3. The van der Waals surface area contributed by atoms with Gasteiger partial charge in [0.2, 0.25) is 0 Å². The van der Waals surface area contributed by atoms with Gasteiger partial charge in [-0.15, -0.1) is 0 Å². The van der Waals surface area contributed by atoms with Gasteiger partial charge < -0.3 is 14.6 Å². The number of halogens is 4. The molecule has 0 fully saturated rings. The predicted molar refractivity (Wildman–Crippen MR) is 93.8 cm³/mol. The van der Waals surface area contributed by atoms with Crippen molar-refractivity contribution in [1.82, 2.24) is 0 Å². The number of rotatable bonds is 6. The normalized spacial score (nSPS) is 13.1. The Morgan fingerprint density at radius 3 is 2.32 bits per heavy atom. The summed E-state index contributed by atoms with van der Waals surface area (Å²) in [6.07, 6.45) is -5.54. The summed E-state index contributed by atoms with van der Waals surface area (Å²) in [6, 6.07) is 6.25. The minimum Gasteiger partial charge on any atom is -0.479 e. The lowest BCUT2D eigenvalue weighted by Gasteiger charge is -2.17. The van der Waals surface area contributed by atoms with E-state index >= 15 is 0 Å². The SMILES string of the molecule is CC(Oc1ccc(Cl)cc1Oc1ccc(S(C)(=O)=O)c(C(F)(F)F)c1)C(=O)O. The van der Waals surface area contributed by atoms with Gasteiger partial charge in [0.15, 0.2) is 27.4 Å². The molecule has 0 aliphatic carbocycles. The second-order valence-electron chi connectivity index (χ2n) is 5.72. The van der Waals surface area contributed by atoms with Crippen LogP contribution in [0.25, 0.3) is 0 Å². The first-order valence-electron chi connectivity index (χ1n) is 7.57.